The lowest BCUT2D eigenvalue weighted by Gasteiger charge is -2.09. The van der Waals surface area contributed by atoms with Crippen molar-refractivity contribution < 1.29 is 8.78 Å². The second kappa shape index (κ2) is 5.70. The fraction of sp³-hybridized carbons (Fsp3) is 0.250. The molecule has 100 valence electrons. The Kier molecular flexibility index (Phi) is 4.20. The monoisotopic (exact) mass is 280 g/mol. The van der Waals surface area contributed by atoms with Crippen molar-refractivity contribution in [2.45, 2.75) is 20.3 Å². The van der Waals surface area contributed by atoms with Gasteiger partial charge >= 0.3 is 0 Å². The molecular formula is C16H15ClF2. The van der Waals surface area contributed by atoms with Crippen molar-refractivity contribution in [2.24, 2.45) is 5.92 Å². The highest BCUT2D eigenvalue weighted by atomic mass is 35.5. The summed E-state index contributed by atoms with van der Waals surface area (Å²) < 4.78 is 27.0. The Morgan fingerprint density at radius 3 is 2.37 bits per heavy atom. The molecule has 3 heteroatoms. The lowest BCUT2D eigenvalue weighted by molar-refractivity contribution is 0.574. The van der Waals surface area contributed by atoms with Gasteiger partial charge in [-0.3, -0.25) is 0 Å². The molecule has 0 saturated carbocycles. The summed E-state index contributed by atoms with van der Waals surface area (Å²) >= 11 is 5.98. The molecule has 0 nitrogen and oxygen atoms in total. The minimum atomic E-state index is -0.398. The number of hydrogen-bond donors (Lipinski definition) is 0. The van der Waals surface area contributed by atoms with Crippen molar-refractivity contribution >= 4 is 11.6 Å². The van der Waals surface area contributed by atoms with Crippen LogP contribution in [0.2, 0.25) is 5.02 Å². The molecule has 0 radical (unpaired) electrons. The van der Waals surface area contributed by atoms with Gasteiger partial charge in [0.1, 0.15) is 11.6 Å². The number of hydrogen-bond acceptors (Lipinski definition) is 0. The van der Waals surface area contributed by atoms with E-state index in [9.17, 15) is 8.78 Å². The summed E-state index contributed by atoms with van der Waals surface area (Å²) in [5.41, 5.74) is 1.99. The van der Waals surface area contributed by atoms with Crippen LogP contribution in [0.3, 0.4) is 0 Å². The van der Waals surface area contributed by atoms with Crippen LogP contribution in [0.15, 0.2) is 36.4 Å². The first-order valence-electron chi connectivity index (χ1n) is 6.21. The maximum Gasteiger partial charge on any atom is 0.127 e. The molecule has 0 aliphatic heterocycles. The third-order valence-corrected chi connectivity index (χ3v) is 3.24. The molecule has 0 aliphatic rings. The Morgan fingerprint density at radius 1 is 1.05 bits per heavy atom. The summed E-state index contributed by atoms with van der Waals surface area (Å²) in [5, 5.41) is 0.288. The van der Waals surface area contributed by atoms with E-state index in [1.165, 1.54) is 18.2 Å². The van der Waals surface area contributed by atoms with E-state index >= 15 is 0 Å². The van der Waals surface area contributed by atoms with Gasteiger partial charge in [0.25, 0.3) is 0 Å². The summed E-state index contributed by atoms with van der Waals surface area (Å²) in [7, 11) is 0. The van der Waals surface area contributed by atoms with Crippen molar-refractivity contribution in [1.29, 1.82) is 0 Å². The largest absolute Gasteiger partial charge is 0.207 e. The second-order valence-electron chi connectivity index (χ2n) is 5.03. The fourth-order valence-corrected chi connectivity index (χ4v) is 2.32. The predicted molar refractivity (Wildman–Crippen MR) is 75.3 cm³/mol. The zero-order valence-electron chi connectivity index (χ0n) is 10.9. The fourth-order valence-electron chi connectivity index (χ4n) is 2.04. The van der Waals surface area contributed by atoms with Crippen LogP contribution in [0.1, 0.15) is 19.4 Å². The van der Waals surface area contributed by atoms with Gasteiger partial charge in [-0.15, -0.1) is 0 Å². The molecule has 0 unspecified atom stereocenters. The quantitative estimate of drug-likeness (QED) is 0.698. The standard InChI is InChI=1S/C16H15ClF2/c1-10(2)7-12-4-3-11(8-16(12)19)14-6-5-13(18)9-15(14)17/h3-6,8-10H,7H2,1-2H3. The number of benzene rings is 2. The van der Waals surface area contributed by atoms with E-state index in [-0.39, 0.29) is 10.8 Å². The molecule has 0 atom stereocenters. The van der Waals surface area contributed by atoms with Crippen LogP contribution in [0.4, 0.5) is 8.78 Å². The maximum absolute atomic E-state index is 14.0. The van der Waals surface area contributed by atoms with Crippen molar-refractivity contribution in [2.75, 3.05) is 0 Å². The molecule has 0 bridgehead atoms. The van der Waals surface area contributed by atoms with Crippen LogP contribution in [0.5, 0.6) is 0 Å². The van der Waals surface area contributed by atoms with Gasteiger partial charge < -0.3 is 0 Å². The first-order chi connectivity index (χ1) is 8.97. The topological polar surface area (TPSA) is 0 Å². The van der Waals surface area contributed by atoms with E-state index in [4.69, 9.17) is 11.6 Å². The van der Waals surface area contributed by atoms with Gasteiger partial charge in [0.2, 0.25) is 0 Å². The predicted octanol–water partition coefficient (Wildman–Crippen LogP) is 5.48. The Labute approximate surface area is 117 Å². The summed E-state index contributed by atoms with van der Waals surface area (Å²) in [6.45, 7) is 4.09. The molecule has 0 saturated heterocycles. The van der Waals surface area contributed by atoms with E-state index in [1.807, 2.05) is 19.9 Å². The highest BCUT2D eigenvalue weighted by Crippen LogP contribution is 2.30. The van der Waals surface area contributed by atoms with Crippen LogP contribution in [-0.4, -0.2) is 0 Å². The first-order valence-corrected chi connectivity index (χ1v) is 6.59. The van der Waals surface area contributed by atoms with Crippen molar-refractivity contribution in [3.05, 3.63) is 58.6 Å². The summed E-state index contributed by atoms with van der Waals surface area (Å²) in [4.78, 5) is 0. The molecule has 0 fully saturated rings. The SMILES string of the molecule is CC(C)Cc1ccc(-c2ccc(F)cc2Cl)cc1F. The highest BCUT2D eigenvalue weighted by Gasteiger charge is 2.09. The molecule has 0 spiro atoms. The summed E-state index contributed by atoms with van der Waals surface area (Å²) in [5.74, 6) is -0.244. The highest BCUT2D eigenvalue weighted by molar-refractivity contribution is 6.33. The van der Waals surface area contributed by atoms with Crippen molar-refractivity contribution in [3.63, 3.8) is 0 Å². The molecule has 0 aliphatic carbocycles. The van der Waals surface area contributed by atoms with Gasteiger partial charge in [-0.25, -0.2) is 8.78 Å². The average Bonchev–Trinajstić information content (AvgIpc) is 2.31. The molecular weight excluding hydrogens is 266 g/mol. The Bertz CT molecular complexity index is 591. The molecule has 0 aromatic heterocycles. The van der Waals surface area contributed by atoms with E-state index < -0.39 is 5.82 Å². The molecule has 2 rings (SSSR count). The van der Waals surface area contributed by atoms with Gasteiger partial charge in [-0.05, 0) is 47.7 Å². The van der Waals surface area contributed by atoms with Crippen molar-refractivity contribution in [3.8, 4) is 11.1 Å². The number of rotatable bonds is 3. The lowest BCUT2D eigenvalue weighted by Crippen LogP contribution is -1.97. The third-order valence-electron chi connectivity index (χ3n) is 2.92. The summed E-state index contributed by atoms with van der Waals surface area (Å²) in [6, 6.07) is 9.16. The summed E-state index contributed by atoms with van der Waals surface area (Å²) in [6.07, 6.45) is 0.698. The minimum absolute atomic E-state index is 0.244. The van der Waals surface area contributed by atoms with E-state index in [2.05, 4.69) is 0 Å². The number of halogens is 3. The van der Waals surface area contributed by atoms with Gasteiger partial charge in [0.05, 0.1) is 5.02 Å². The first kappa shape index (κ1) is 14.0. The Morgan fingerprint density at radius 2 is 1.79 bits per heavy atom. The minimum Gasteiger partial charge on any atom is -0.207 e. The Balaban J connectivity index is 2.39. The molecule has 2 aromatic rings. The van der Waals surface area contributed by atoms with Crippen LogP contribution in [0.25, 0.3) is 11.1 Å². The van der Waals surface area contributed by atoms with E-state index in [0.717, 1.165) is 0 Å². The van der Waals surface area contributed by atoms with Crippen molar-refractivity contribution in [1.82, 2.24) is 0 Å². The van der Waals surface area contributed by atoms with Gasteiger partial charge in [-0.2, -0.15) is 0 Å². The van der Waals surface area contributed by atoms with Crippen LogP contribution in [0, 0.1) is 17.6 Å². The van der Waals surface area contributed by atoms with Gasteiger partial charge in [0, 0.05) is 5.56 Å². The molecule has 19 heavy (non-hydrogen) atoms. The van der Waals surface area contributed by atoms with Gasteiger partial charge in [-0.1, -0.05) is 37.6 Å². The Hall–Kier alpha value is -1.41. The lowest BCUT2D eigenvalue weighted by atomic mass is 9.98. The maximum atomic E-state index is 14.0. The van der Waals surface area contributed by atoms with E-state index in [0.29, 0.717) is 29.0 Å². The van der Waals surface area contributed by atoms with E-state index in [1.54, 1.807) is 12.1 Å². The molecule has 0 amide bonds. The normalized spacial score (nSPS) is 11.1. The zero-order chi connectivity index (χ0) is 14.0. The molecule has 0 heterocycles. The second-order valence-corrected chi connectivity index (χ2v) is 5.44. The van der Waals surface area contributed by atoms with Crippen LogP contribution in [-0.2, 0) is 6.42 Å². The smallest absolute Gasteiger partial charge is 0.127 e. The molecule has 0 N–H and O–H groups in total. The van der Waals surface area contributed by atoms with Gasteiger partial charge in [0.15, 0.2) is 0 Å². The average molecular weight is 281 g/mol. The van der Waals surface area contributed by atoms with Crippen LogP contribution >= 0.6 is 11.6 Å². The zero-order valence-corrected chi connectivity index (χ0v) is 11.6. The molecule has 2 aromatic carbocycles. The third kappa shape index (κ3) is 3.32. The van der Waals surface area contributed by atoms with Crippen LogP contribution < -0.4 is 0 Å².